The van der Waals surface area contributed by atoms with E-state index in [-0.39, 0.29) is 31.1 Å². The molecule has 0 radical (unpaired) electrons. The number of aliphatic carboxylic acids is 1. The first kappa shape index (κ1) is 29.3. The van der Waals surface area contributed by atoms with E-state index in [1.807, 2.05) is 13.8 Å². The molecule has 4 atom stereocenters. The van der Waals surface area contributed by atoms with Gasteiger partial charge in [0.2, 0.25) is 23.6 Å². The number of nitrogens with two attached hydrogens (primary N) is 3. The fourth-order valence-corrected chi connectivity index (χ4v) is 3.94. The SMILES string of the molecule is CC(C)CC(NC(=O)C1CCCN1C(=O)C(N)CCCCN)C(=O)NC(CCC(N)=O)C(=O)O. The summed E-state index contributed by atoms with van der Waals surface area (Å²) in [6, 6.07) is -3.79. The first-order valence-corrected chi connectivity index (χ1v) is 11.9. The van der Waals surface area contributed by atoms with Crippen LogP contribution >= 0.6 is 0 Å². The van der Waals surface area contributed by atoms with Crippen molar-refractivity contribution in [3.8, 4) is 0 Å². The first-order valence-electron chi connectivity index (χ1n) is 11.9. The number of hydrogen-bond donors (Lipinski definition) is 6. The molecule has 4 amide bonds. The highest BCUT2D eigenvalue weighted by Crippen LogP contribution is 2.20. The average molecular weight is 485 g/mol. The van der Waals surface area contributed by atoms with Gasteiger partial charge in [-0.15, -0.1) is 0 Å². The van der Waals surface area contributed by atoms with Crippen LogP contribution in [0.15, 0.2) is 0 Å². The van der Waals surface area contributed by atoms with Crippen LogP contribution in [-0.2, 0) is 24.0 Å². The molecule has 1 aliphatic rings. The monoisotopic (exact) mass is 484 g/mol. The summed E-state index contributed by atoms with van der Waals surface area (Å²) in [7, 11) is 0. The van der Waals surface area contributed by atoms with E-state index in [1.165, 1.54) is 4.90 Å². The predicted octanol–water partition coefficient (Wildman–Crippen LogP) is -1.20. The Bertz CT molecular complexity index is 731. The Kier molecular flexibility index (Phi) is 12.5. The lowest BCUT2D eigenvalue weighted by molar-refractivity contribution is -0.143. The van der Waals surface area contributed by atoms with Crippen molar-refractivity contribution in [1.82, 2.24) is 15.5 Å². The molecule has 9 N–H and O–H groups in total. The van der Waals surface area contributed by atoms with Gasteiger partial charge in [-0.3, -0.25) is 19.2 Å². The number of nitrogens with one attached hydrogen (secondary N) is 2. The quantitative estimate of drug-likeness (QED) is 0.155. The van der Waals surface area contributed by atoms with Crippen LogP contribution in [0.5, 0.6) is 0 Å². The lowest BCUT2D eigenvalue weighted by Crippen LogP contribution is -2.56. The van der Waals surface area contributed by atoms with Gasteiger partial charge in [-0.1, -0.05) is 20.3 Å². The van der Waals surface area contributed by atoms with Crippen LogP contribution in [-0.4, -0.2) is 76.9 Å². The van der Waals surface area contributed by atoms with Gasteiger partial charge >= 0.3 is 5.97 Å². The molecule has 0 aliphatic carbocycles. The molecule has 0 bridgehead atoms. The molecule has 194 valence electrons. The Morgan fingerprint density at radius 3 is 2.29 bits per heavy atom. The van der Waals surface area contributed by atoms with Crippen LogP contribution in [0, 0.1) is 5.92 Å². The minimum atomic E-state index is -1.32. The van der Waals surface area contributed by atoms with E-state index in [0.717, 1.165) is 6.42 Å². The fourth-order valence-electron chi connectivity index (χ4n) is 3.94. The average Bonchev–Trinajstić information content (AvgIpc) is 3.24. The van der Waals surface area contributed by atoms with E-state index >= 15 is 0 Å². The number of carboxylic acids is 1. The van der Waals surface area contributed by atoms with Crippen molar-refractivity contribution in [2.24, 2.45) is 23.1 Å². The number of carboxylic acid groups (broad SMARTS) is 1. The van der Waals surface area contributed by atoms with Crippen molar-refractivity contribution in [2.45, 2.75) is 89.4 Å². The van der Waals surface area contributed by atoms with Crippen molar-refractivity contribution in [3.05, 3.63) is 0 Å². The lowest BCUT2D eigenvalue weighted by atomic mass is 10.0. The van der Waals surface area contributed by atoms with Gasteiger partial charge in [-0.05, 0) is 51.0 Å². The van der Waals surface area contributed by atoms with Crippen LogP contribution in [0.25, 0.3) is 0 Å². The van der Waals surface area contributed by atoms with E-state index in [1.54, 1.807) is 0 Å². The molecule has 4 unspecified atom stereocenters. The highest BCUT2D eigenvalue weighted by Gasteiger charge is 2.38. The van der Waals surface area contributed by atoms with Gasteiger partial charge in [0, 0.05) is 13.0 Å². The number of amides is 4. The molecule has 12 nitrogen and oxygen atoms in total. The van der Waals surface area contributed by atoms with E-state index in [0.29, 0.717) is 38.8 Å². The Morgan fingerprint density at radius 1 is 1.06 bits per heavy atom. The summed E-state index contributed by atoms with van der Waals surface area (Å²) >= 11 is 0. The first-order chi connectivity index (χ1) is 16.0. The zero-order chi connectivity index (χ0) is 25.8. The molecule has 0 saturated carbocycles. The number of carbonyl (C=O) groups excluding carboxylic acids is 4. The second-order valence-electron chi connectivity index (χ2n) is 9.18. The number of nitrogens with zero attached hydrogens (tertiary/aromatic N) is 1. The maximum Gasteiger partial charge on any atom is 0.326 e. The maximum atomic E-state index is 13.1. The molecule has 1 rings (SSSR count). The normalized spacial score (nSPS) is 18.3. The van der Waals surface area contributed by atoms with E-state index < -0.39 is 47.9 Å². The Hall–Kier alpha value is -2.73. The Balaban J connectivity index is 2.86. The summed E-state index contributed by atoms with van der Waals surface area (Å²) < 4.78 is 0. The summed E-state index contributed by atoms with van der Waals surface area (Å²) in [6.45, 7) is 4.64. The van der Waals surface area contributed by atoms with Gasteiger partial charge in [0.15, 0.2) is 0 Å². The number of hydrogen-bond acceptors (Lipinski definition) is 7. The Labute approximate surface area is 200 Å². The number of rotatable bonds is 15. The third-order valence-electron chi connectivity index (χ3n) is 5.76. The maximum absolute atomic E-state index is 13.1. The summed E-state index contributed by atoms with van der Waals surface area (Å²) in [5.74, 6) is -3.43. The van der Waals surface area contributed by atoms with Crippen LogP contribution in [0.4, 0.5) is 0 Å². The number of primary amides is 1. The van der Waals surface area contributed by atoms with Crippen molar-refractivity contribution in [2.75, 3.05) is 13.1 Å². The summed E-state index contributed by atoms with van der Waals surface area (Å²) in [6.07, 6.45) is 2.92. The highest BCUT2D eigenvalue weighted by atomic mass is 16.4. The van der Waals surface area contributed by atoms with Gasteiger partial charge in [-0.2, -0.15) is 0 Å². The molecule has 1 aliphatic heterocycles. The van der Waals surface area contributed by atoms with Crippen molar-refractivity contribution < 1.29 is 29.1 Å². The molecule has 0 aromatic heterocycles. The van der Waals surface area contributed by atoms with Gasteiger partial charge in [0.1, 0.15) is 18.1 Å². The second-order valence-corrected chi connectivity index (χ2v) is 9.18. The molecule has 34 heavy (non-hydrogen) atoms. The molecule has 0 aromatic carbocycles. The van der Waals surface area contributed by atoms with Crippen molar-refractivity contribution in [1.29, 1.82) is 0 Å². The smallest absolute Gasteiger partial charge is 0.326 e. The van der Waals surface area contributed by atoms with Gasteiger partial charge in [0.25, 0.3) is 0 Å². The summed E-state index contributed by atoms with van der Waals surface area (Å²) in [4.78, 5) is 62.6. The van der Waals surface area contributed by atoms with Gasteiger partial charge in [0.05, 0.1) is 6.04 Å². The van der Waals surface area contributed by atoms with Gasteiger partial charge < -0.3 is 37.8 Å². The zero-order valence-electron chi connectivity index (χ0n) is 20.1. The number of likely N-dealkylation sites (tertiary alicyclic amines) is 1. The highest BCUT2D eigenvalue weighted by molar-refractivity contribution is 5.94. The predicted molar refractivity (Wildman–Crippen MR) is 125 cm³/mol. The van der Waals surface area contributed by atoms with E-state index in [4.69, 9.17) is 17.2 Å². The molecule has 1 fully saturated rings. The van der Waals surface area contributed by atoms with Crippen LogP contribution in [0.3, 0.4) is 0 Å². The topological polar surface area (TPSA) is 211 Å². The largest absolute Gasteiger partial charge is 0.480 e. The minimum Gasteiger partial charge on any atom is -0.480 e. The van der Waals surface area contributed by atoms with Crippen LogP contribution in [0.2, 0.25) is 0 Å². The van der Waals surface area contributed by atoms with E-state index in [9.17, 15) is 29.1 Å². The van der Waals surface area contributed by atoms with Crippen LogP contribution in [0.1, 0.15) is 65.2 Å². The summed E-state index contributed by atoms with van der Waals surface area (Å²) in [5, 5.41) is 14.4. The zero-order valence-corrected chi connectivity index (χ0v) is 20.1. The van der Waals surface area contributed by atoms with Crippen molar-refractivity contribution >= 4 is 29.6 Å². The lowest BCUT2D eigenvalue weighted by Gasteiger charge is -2.29. The van der Waals surface area contributed by atoms with Crippen LogP contribution < -0.4 is 27.8 Å². The molecule has 12 heteroatoms. The van der Waals surface area contributed by atoms with E-state index in [2.05, 4.69) is 10.6 Å². The summed E-state index contributed by atoms with van der Waals surface area (Å²) in [5.41, 5.74) is 16.6. The molecule has 1 saturated heterocycles. The molecule has 0 spiro atoms. The Morgan fingerprint density at radius 2 is 1.74 bits per heavy atom. The molecular formula is C22H40N6O6. The second kappa shape index (κ2) is 14.5. The number of carbonyl (C=O) groups is 5. The molecule has 0 aromatic rings. The molecular weight excluding hydrogens is 444 g/mol. The number of unbranched alkanes of at least 4 members (excludes halogenated alkanes) is 1. The molecule has 1 heterocycles. The van der Waals surface area contributed by atoms with Gasteiger partial charge in [-0.25, -0.2) is 4.79 Å². The van der Waals surface area contributed by atoms with Crippen molar-refractivity contribution in [3.63, 3.8) is 0 Å². The standard InChI is InChI=1S/C22H40N6O6/c1-13(2)12-16(19(30)26-15(22(33)34)8-9-18(25)29)27-20(31)17-7-5-11-28(17)21(32)14(24)6-3-4-10-23/h13-17H,3-12,23-24H2,1-2H3,(H2,25,29)(H,26,30)(H,27,31)(H,33,34). The third-order valence-corrected chi connectivity index (χ3v) is 5.76. The third kappa shape index (κ3) is 9.64. The fraction of sp³-hybridized carbons (Fsp3) is 0.773. The minimum absolute atomic E-state index is 0.0160.